The van der Waals surface area contributed by atoms with Gasteiger partial charge in [0.2, 0.25) is 0 Å². The van der Waals surface area contributed by atoms with Crippen LogP contribution in [0.4, 0.5) is 4.79 Å². The van der Waals surface area contributed by atoms with Gasteiger partial charge in [0.1, 0.15) is 5.60 Å². The minimum absolute atomic E-state index is 0.163. The molecule has 0 bridgehead atoms. The third kappa shape index (κ3) is 5.31. The van der Waals surface area contributed by atoms with Gasteiger partial charge in [-0.3, -0.25) is 0 Å². The number of hydrogen-bond donors (Lipinski definition) is 0. The minimum atomic E-state index is -0.415. The molecule has 2 rings (SSSR count). The highest BCUT2D eigenvalue weighted by Crippen LogP contribution is 2.29. The molecule has 1 saturated carbocycles. The number of carbonyl (C=O) groups is 1. The Labute approximate surface area is 122 Å². The topological polar surface area (TPSA) is 38.8 Å². The number of piperidine rings is 1. The maximum absolute atomic E-state index is 12.2. The number of likely N-dealkylation sites (tertiary alicyclic amines) is 1. The molecule has 1 heterocycles. The van der Waals surface area contributed by atoms with E-state index in [-0.39, 0.29) is 12.1 Å². The van der Waals surface area contributed by atoms with E-state index in [0.717, 1.165) is 44.9 Å². The Morgan fingerprint density at radius 1 is 1.20 bits per heavy atom. The predicted molar refractivity (Wildman–Crippen MR) is 78.7 cm³/mol. The van der Waals surface area contributed by atoms with Crippen molar-refractivity contribution < 1.29 is 14.3 Å². The van der Waals surface area contributed by atoms with Crippen LogP contribution in [0.2, 0.25) is 0 Å². The van der Waals surface area contributed by atoms with Gasteiger partial charge in [0.25, 0.3) is 0 Å². The smallest absolute Gasteiger partial charge is 0.410 e. The monoisotopic (exact) mass is 283 g/mol. The predicted octanol–water partition coefficient (Wildman–Crippen LogP) is 3.59. The van der Waals surface area contributed by atoms with E-state index in [1.807, 2.05) is 25.7 Å². The number of nitrogens with zero attached hydrogens (tertiary/aromatic N) is 1. The molecule has 116 valence electrons. The summed E-state index contributed by atoms with van der Waals surface area (Å²) in [6, 6.07) is 0.290. The highest BCUT2D eigenvalue weighted by molar-refractivity contribution is 5.68. The minimum Gasteiger partial charge on any atom is -0.444 e. The summed E-state index contributed by atoms with van der Waals surface area (Å²) in [5, 5.41) is 0. The summed E-state index contributed by atoms with van der Waals surface area (Å²) in [6.45, 7) is 8.25. The van der Waals surface area contributed by atoms with E-state index in [1.165, 1.54) is 19.3 Å². The van der Waals surface area contributed by atoms with Crippen molar-refractivity contribution in [2.24, 2.45) is 5.92 Å². The largest absolute Gasteiger partial charge is 0.444 e. The molecular formula is C16H29NO3. The Balaban J connectivity index is 1.76. The third-order valence-electron chi connectivity index (χ3n) is 3.90. The lowest BCUT2D eigenvalue weighted by molar-refractivity contribution is 0.00414. The van der Waals surface area contributed by atoms with Gasteiger partial charge in [-0.05, 0) is 65.2 Å². The summed E-state index contributed by atoms with van der Waals surface area (Å²) in [7, 11) is 0. The number of hydrogen-bond acceptors (Lipinski definition) is 3. The van der Waals surface area contributed by atoms with Gasteiger partial charge in [-0.25, -0.2) is 4.79 Å². The Hall–Kier alpha value is -0.770. The summed E-state index contributed by atoms with van der Waals surface area (Å²) in [6.07, 6.45) is 6.79. The van der Waals surface area contributed by atoms with Crippen LogP contribution in [0.25, 0.3) is 0 Å². The van der Waals surface area contributed by atoms with E-state index in [1.54, 1.807) is 0 Å². The molecule has 1 amide bonds. The van der Waals surface area contributed by atoms with Crippen molar-refractivity contribution in [3.05, 3.63) is 0 Å². The standard InChI is InChI=1S/C16H29NO3/c1-16(2,3)20-15(18)17-10-5-4-6-14(17)9-11-19-12-13-7-8-13/h13-14H,4-12H2,1-3H3. The Kier molecular flexibility index (Phi) is 5.30. The lowest BCUT2D eigenvalue weighted by Crippen LogP contribution is -2.46. The second-order valence-electron chi connectivity index (χ2n) is 7.13. The van der Waals surface area contributed by atoms with Crippen molar-refractivity contribution in [3.8, 4) is 0 Å². The first-order valence-electron chi connectivity index (χ1n) is 8.03. The second kappa shape index (κ2) is 6.79. The van der Waals surface area contributed by atoms with Gasteiger partial charge in [0.15, 0.2) is 0 Å². The molecule has 0 aromatic rings. The second-order valence-corrected chi connectivity index (χ2v) is 7.13. The maximum Gasteiger partial charge on any atom is 0.410 e. The first kappa shape index (κ1) is 15.6. The van der Waals surface area contributed by atoms with Crippen LogP contribution >= 0.6 is 0 Å². The third-order valence-corrected chi connectivity index (χ3v) is 3.90. The van der Waals surface area contributed by atoms with Crippen LogP contribution in [0, 0.1) is 5.92 Å². The fourth-order valence-corrected chi connectivity index (χ4v) is 2.62. The fourth-order valence-electron chi connectivity index (χ4n) is 2.62. The van der Waals surface area contributed by atoms with Crippen LogP contribution in [-0.2, 0) is 9.47 Å². The molecule has 0 spiro atoms. The molecule has 1 aliphatic carbocycles. The zero-order valence-corrected chi connectivity index (χ0v) is 13.2. The molecule has 1 unspecified atom stereocenters. The van der Waals surface area contributed by atoms with Gasteiger partial charge in [-0.1, -0.05) is 0 Å². The summed E-state index contributed by atoms with van der Waals surface area (Å²) in [4.78, 5) is 14.1. The zero-order chi connectivity index (χ0) is 14.6. The maximum atomic E-state index is 12.2. The Morgan fingerprint density at radius 2 is 1.95 bits per heavy atom. The average molecular weight is 283 g/mol. The Bertz CT molecular complexity index is 320. The van der Waals surface area contributed by atoms with Crippen LogP contribution in [0.1, 0.15) is 59.3 Å². The van der Waals surface area contributed by atoms with Gasteiger partial charge < -0.3 is 14.4 Å². The van der Waals surface area contributed by atoms with Crippen molar-refractivity contribution in [1.82, 2.24) is 4.90 Å². The molecule has 1 atom stereocenters. The molecule has 0 aromatic carbocycles. The quantitative estimate of drug-likeness (QED) is 0.724. The SMILES string of the molecule is CC(C)(C)OC(=O)N1CCCCC1CCOCC1CC1. The average Bonchev–Trinajstić information content (AvgIpc) is 3.17. The first-order chi connectivity index (χ1) is 9.46. The summed E-state index contributed by atoms with van der Waals surface area (Å²) in [5.41, 5.74) is -0.415. The highest BCUT2D eigenvalue weighted by Gasteiger charge is 2.30. The zero-order valence-electron chi connectivity index (χ0n) is 13.2. The molecule has 1 saturated heterocycles. The van der Waals surface area contributed by atoms with Crippen molar-refractivity contribution in [2.75, 3.05) is 19.8 Å². The van der Waals surface area contributed by atoms with E-state index in [0.29, 0.717) is 0 Å². The summed E-state index contributed by atoms with van der Waals surface area (Å²) in [5.74, 6) is 0.809. The molecule has 20 heavy (non-hydrogen) atoms. The van der Waals surface area contributed by atoms with Crippen molar-refractivity contribution >= 4 is 6.09 Å². The van der Waals surface area contributed by atoms with Crippen LogP contribution in [-0.4, -0.2) is 42.4 Å². The number of ether oxygens (including phenoxy) is 2. The van der Waals surface area contributed by atoms with Crippen LogP contribution < -0.4 is 0 Å². The normalized spacial score (nSPS) is 23.8. The molecule has 4 heteroatoms. The van der Waals surface area contributed by atoms with E-state index >= 15 is 0 Å². The van der Waals surface area contributed by atoms with E-state index in [9.17, 15) is 4.79 Å². The van der Waals surface area contributed by atoms with Crippen LogP contribution in [0.3, 0.4) is 0 Å². The van der Waals surface area contributed by atoms with Gasteiger partial charge in [-0.15, -0.1) is 0 Å². The van der Waals surface area contributed by atoms with Gasteiger partial charge in [-0.2, -0.15) is 0 Å². The van der Waals surface area contributed by atoms with Crippen molar-refractivity contribution in [1.29, 1.82) is 0 Å². The Morgan fingerprint density at radius 3 is 2.60 bits per heavy atom. The molecule has 0 aromatic heterocycles. The molecule has 0 radical (unpaired) electrons. The lowest BCUT2D eigenvalue weighted by Gasteiger charge is -2.36. The van der Waals surface area contributed by atoms with Crippen LogP contribution in [0.5, 0.6) is 0 Å². The van der Waals surface area contributed by atoms with E-state index < -0.39 is 5.60 Å². The molecule has 2 aliphatic rings. The molecule has 0 N–H and O–H groups in total. The van der Waals surface area contributed by atoms with E-state index in [4.69, 9.17) is 9.47 Å². The lowest BCUT2D eigenvalue weighted by atomic mass is 10.0. The van der Waals surface area contributed by atoms with Gasteiger partial charge in [0, 0.05) is 25.8 Å². The first-order valence-corrected chi connectivity index (χ1v) is 8.03. The molecule has 4 nitrogen and oxygen atoms in total. The number of rotatable bonds is 5. The molecular weight excluding hydrogens is 254 g/mol. The number of amides is 1. The molecule has 2 fully saturated rings. The summed E-state index contributed by atoms with van der Waals surface area (Å²) < 4.78 is 11.2. The molecule has 1 aliphatic heterocycles. The van der Waals surface area contributed by atoms with E-state index in [2.05, 4.69) is 0 Å². The van der Waals surface area contributed by atoms with Gasteiger partial charge >= 0.3 is 6.09 Å². The van der Waals surface area contributed by atoms with Crippen molar-refractivity contribution in [2.45, 2.75) is 70.9 Å². The van der Waals surface area contributed by atoms with Crippen molar-refractivity contribution in [3.63, 3.8) is 0 Å². The van der Waals surface area contributed by atoms with Gasteiger partial charge in [0.05, 0.1) is 0 Å². The fraction of sp³-hybridized carbons (Fsp3) is 0.938. The summed E-state index contributed by atoms with van der Waals surface area (Å²) >= 11 is 0. The van der Waals surface area contributed by atoms with Crippen LogP contribution in [0.15, 0.2) is 0 Å². The number of carbonyl (C=O) groups excluding carboxylic acids is 1. The highest BCUT2D eigenvalue weighted by atomic mass is 16.6.